The highest BCUT2D eigenvalue weighted by Crippen LogP contribution is 2.37. The van der Waals surface area contributed by atoms with E-state index in [9.17, 15) is 14.7 Å². The second-order valence-corrected chi connectivity index (χ2v) is 9.16. The predicted octanol–water partition coefficient (Wildman–Crippen LogP) is 4.56. The zero-order valence-electron chi connectivity index (χ0n) is 20.5. The minimum absolute atomic E-state index is 0. The van der Waals surface area contributed by atoms with Crippen LogP contribution in [-0.4, -0.2) is 55.5 Å². The van der Waals surface area contributed by atoms with Crippen LogP contribution in [0, 0.1) is 5.41 Å². The number of phenolic OH excluding ortho intramolecular Hbond substituents is 1. The van der Waals surface area contributed by atoms with Gasteiger partial charge in [0.15, 0.2) is 0 Å². The molecular weight excluding hydrogens is 446 g/mol. The number of aromatic hydroxyl groups is 1. The first kappa shape index (κ1) is 30.8. The molecule has 0 aromatic heterocycles. The average molecular weight is 488 g/mol. The fourth-order valence-electron chi connectivity index (χ4n) is 4.36. The van der Waals surface area contributed by atoms with Crippen LogP contribution < -0.4 is 11.5 Å². The van der Waals surface area contributed by atoms with Crippen LogP contribution in [0.15, 0.2) is 24.3 Å². The molecule has 1 aromatic carbocycles. The van der Waals surface area contributed by atoms with Crippen molar-refractivity contribution in [2.75, 3.05) is 33.4 Å². The molecule has 1 aliphatic heterocycles. The lowest BCUT2D eigenvalue weighted by molar-refractivity contribution is 0.0367. The van der Waals surface area contributed by atoms with Crippen molar-refractivity contribution in [3.05, 3.63) is 29.8 Å². The molecule has 8 nitrogen and oxygen atoms in total. The van der Waals surface area contributed by atoms with Crippen LogP contribution in [0.2, 0.25) is 0 Å². The van der Waals surface area contributed by atoms with Crippen molar-refractivity contribution in [2.24, 2.45) is 16.9 Å². The van der Waals surface area contributed by atoms with Crippen molar-refractivity contribution in [1.82, 2.24) is 4.90 Å². The summed E-state index contributed by atoms with van der Waals surface area (Å²) < 4.78 is 9.40. The standard InChI is InChI=1S/C15H23NO.C9H18N2O4.ClH/c1-3-15(9-4-5-10-16(2)12-15)13-7-6-8-14(17)11-13;1-3-4-9(2,5-14-7(10)12)6-15-8(11)13;/h6-8,11,17H,3-5,9-10,12H2,1-2H3;3-6H2,1-2H3,(H2,10,12)(H2,11,13);1H. The molecule has 5 N–H and O–H groups in total. The Hall–Kier alpha value is -2.19. The van der Waals surface area contributed by atoms with Crippen molar-refractivity contribution in [3.8, 4) is 5.75 Å². The van der Waals surface area contributed by atoms with Crippen molar-refractivity contribution >= 4 is 24.6 Å². The van der Waals surface area contributed by atoms with E-state index in [-0.39, 0.29) is 31.0 Å². The Morgan fingerprint density at radius 3 is 2.24 bits per heavy atom. The summed E-state index contributed by atoms with van der Waals surface area (Å²) in [7, 11) is 2.21. The number of likely N-dealkylation sites (N-methyl/N-ethyl adjacent to an activating group) is 1. The molecule has 1 atom stereocenters. The van der Waals surface area contributed by atoms with Crippen molar-refractivity contribution in [3.63, 3.8) is 0 Å². The number of likely N-dealkylation sites (tertiary alicyclic amines) is 1. The summed E-state index contributed by atoms with van der Waals surface area (Å²) in [6, 6.07) is 7.84. The maximum Gasteiger partial charge on any atom is 0.404 e. The van der Waals surface area contributed by atoms with Gasteiger partial charge in [0.1, 0.15) is 19.0 Å². The van der Waals surface area contributed by atoms with Crippen LogP contribution in [0.5, 0.6) is 5.75 Å². The van der Waals surface area contributed by atoms with E-state index in [1.807, 2.05) is 26.0 Å². The lowest BCUT2D eigenvalue weighted by atomic mass is 9.74. The Kier molecular flexibility index (Phi) is 13.9. The van der Waals surface area contributed by atoms with Gasteiger partial charge < -0.3 is 30.9 Å². The lowest BCUT2D eigenvalue weighted by Gasteiger charge is -2.35. The van der Waals surface area contributed by atoms with E-state index in [1.54, 1.807) is 6.07 Å². The maximum atomic E-state index is 10.5. The van der Waals surface area contributed by atoms with Gasteiger partial charge in [0, 0.05) is 17.4 Å². The van der Waals surface area contributed by atoms with Crippen LogP contribution in [-0.2, 0) is 14.9 Å². The molecule has 0 radical (unpaired) electrons. The molecule has 0 aliphatic carbocycles. The number of carbonyl (C=O) groups is 2. The molecule has 1 aliphatic rings. The Balaban J connectivity index is 0.000000609. The van der Waals surface area contributed by atoms with Crippen LogP contribution in [0.3, 0.4) is 0 Å². The van der Waals surface area contributed by atoms with Crippen molar-refractivity contribution in [1.29, 1.82) is 0 Å². The molecule has 2 rings (SSSR count). The molecule has 2 amide bonds. The topological polar surface area (TPSA) is 128 Å². The second kappa shape index (κ2) is 14.9. The lowest BCUT2D eigenvalue weighted by Crippen LogP contribution is -2.37. The van der Waals surface area contributed by atoms with Crippen LogP contribution in [0.25, 0.3) is 0 Å². The Morgan fingerprint density at radius 2 is 1.76 bits per heavy atom. The number of ether oxygens (including phenoxy) is 2. The fourth-order valence-corrected chi connectivity index (χ4v) is 4.36. The Labute approximate surface area is 204 Å². The number of hydrogen-bond acceptors (Lipinski definition) is 6. The van der Waals surface area contributed by atoms with Gasteiger partial charge in [0.2, 0.25) is 0 Å². The normalized spacial score (nSPS) is 18.7. The molecule has 190 valence electrons. The first-order valence-electron chi connectivity index (χ1n) is 11.4. The molecule has 0 spiro atoms. The number of primary amides is 2. The number of nitrogens with zero attached hydrogens (tertiary/aromatic N) is 1. The predicted molar refractivity (Wildman–Crippen MR) is 133 cm³/mol. The van der Waals surface area contributed by atoms with E-state index < -0.39 is 17.6 Å². The SMILES string of the molecule is CCC1(c2cccc(O)c2)CCCCN(C)C1.CCCC(C)(COC(N)=O)COC(N)=O.Cl. The van der Waals surface area contributed by atoms with Gasteiger partial charge in [-0.2, -0.15) is 0 Å². The average Bonchev–Trinajstić information content (AvgIpc) is 2.94. The van der Waals surface area contributed by atoms with Crippen LogP contribution in [0.1, 0.15) is 64.9 Å². The number of halogens is 1. The summed E-state index contributed by atoms with van der Waals surface area (Å²) in [4.78, 5) is 23.3. The van der Waals surface area contributed by atoms with Crippen LogP contribution >= 0.6 is 12.4 Å². The smallest absolute Gasteiger partial charge is 0.404 e. The number of nitrogens with two attached hydrogens (primary N) is 2. The number of hydrogen-bond donors (Lipinski definition) is 3. The summed E-state index contributed by atoms with van der Waals surface area (Å²) in [6.07, 6.45) is 4.89. The molecule has 1 fully saturated rings. The molecule has 0 bridgehead atoms. The third kappa shape index (κ3) is 11.0. The van der Waals surface area contributed by atoms with Gasteiger partial charge in [0.05, 0.1) is 0 Å². The largest absolute Gasteiger partial charge is 0.508 e. The number of phenols is 1. The second-order valence-electron chi connectivity index (χ2n) is 9.16. The molecule has 1 unspecified atom stereocenters. The van der Waals surface area contributed by atoms with E-state index in [4.69, 9.17) is 20.9 Å². The van der Waals surface area contributed by atoms with E-state index in [2.05, 4.69) is 24.9 Å². The monoisotopic (exact) mass is 487 g/mol. The van der Waals surface area contributed by atoms with Crippen molar-refractivity contribution in [2.45, 2.75) is 64.7 Å². The summed E-state index contributed by atoms with van der Waals surface area (Å²) in [5.41, 5.74) is 10.8. The number of amides is 2. The zero-order chi connectivity index (χ0) is 24.2. The van der Waals surface area contributed by atoms with E-state index in [1.165, 1.54) is 31.4 Å². The summed E-state index contributed by atoms with van der Waals surface area (Å²) in [5.74, 6) is 0.391. The summed E-state index contributed by atoms with van der Waals surface area (Å²) >= 11 is 0. The van der Waals surface area contributed by atoms with Crippen molar-refractivity contribution < 1.29 is 24.2 Å². The summed E-state index contributed by atoms with van der Waals surface area (Å²) in [5, 5.41) is 9.68. The molecule has 1 saturated heterocycles. The van der Waals surface area contributed by atoms with E-state index in [0.29, 0.717) is 5.75 Å². The van der Waals surface area contributed by atoms with Gasteiger partial charge in [-0.25, -0.2) is 9.59 Å². The number of benzene rings is 1. The highest BCUT2D eigenvalue weighted by molar-refractivity contribution is 5.85. The third-order valence-corrected chi connectivity index (χ3v) is 6.13. The Morgan fingerprint density at radius 1 is 1.15 bits per heavy atom. The Bertz CT molecular complexity index is 716. The molecule has 1 aromatic rings. The van der Waals surface area contributed by atoms with Gasteiger partial charge in [-0.05, 0) is 57.0 Å². The third-order valence-electron chi connectivity index (χ3n) is 6.13. The highest BCUT2D eigenvalue weighted by atomic mass is 35.5. The van der Waals surface area contributed by atoms with E-state index in [0.717, 1.165) is 25.8 Å². The minimum atomic E-state index is -0.837. The first-order chi connectivity index (χ1) is 15.1. The fraction of sp³-hybridized carbons (Fsp3) is 0.667. The number of carbonyl (C=O) groups excluding carboxylic acids is 2. The highest BCUT2D eigenvalue weighted by Gasteiger charge is 2.33. The van der Waals surface area contributed by atoms with E-state index >= 15 is 0 Å². The van der Waals surface area contributed by atoms with Gasteiger partial charge >= 0.3 is 12.2 Å². The molecular formula is C24H42ClN3O5. The van der Waals surface area contributed by atoms with Gasteiger partial charge in [0.25, 0.3) is 0 Å². The quantitative estimate of drug-likeness (QED) is 0.493. The molecule has 1 heterocycles. The first-order valence-corrected chi connectivity index (χ1v) is 11.4. The summed E-state index contributed by atoms with van der Waals surface area (Å²) in [6.45, 7) is 8.61. The van der Waals surface area contributed by atoms with Gasteiger partial charge in [-0.15, -0.1) is 12.4 Å². The van der Waals surface area contributed by atoms with Gasteiger partial charge in [-0.1, -0.05) is 45.7 Å². The van der Waals surface area contributed by atoms with Crippen LogP contribution in [0.4, 0.5) is 9.59 Å². The molecule has 33 heavy (non-hydrogen) atoms. The molecule has 9 heteroatoms. The molecule has 0 saturated carbocycles. The van der Waals surface area contributed by atoms with Gasteiger partial charge in [-0.3, -0.25) is 0 Å². The zero-order valence-corrected chi connectivity index (χ0v) is 21.3. The maximum absolute atomic E-state index is 10.5. The minimum Gasteiger partial charge on any atom is -0.508 e. The number of rotatable bonds is 8.